The van der Waals surface area contributed by atoms with Crippen LogP contribution in [0.15, 0.2) is 18.2 Å². The van der Waals surface area contributed by atoms with Gasteiger partial charge in [-0.1, -0.05) is 37.0 Å². The number of hydrogen-bond donors (Lipinski definition) is 1. The summed E-state index contributed by atoms with van der Waals surface area (Å²) in [5.41, 5.74) is 0. The van der Waals surface area contributed by atoms with Crippen LogP contribution in [-0.4, -0.2) is 19.2 Å². The zero-order chi connectivity index (χ0) is 13.8. The van der Waals surface area contributed by atoms with Gasteiger partial charge < -0.3 is 10.1 Å². The molecule has 19 heavy (non-hydrogen) atoms. The van der Waals surface area contributed by atoms with Gasteiger partial charge in [-0.2, -0.15) is 0 Å². The zero-order valence-corrected chi connectivity index (χ0v) is 13.0. The summed E-state index contributed by atoms with van der Waals surface area (Å²) >= 11 is 12.1. The lowest BCUT2D eigenvalue weighted by Gasteiger charge is -2.26. The van der Waals surface area contributed by atoms with Crippen molar-refractivity contribution in [2.75, 3.05) is 13.1 Å². The monoisotopic (exact) mass is 301 g/mol. The maximum absolute atomic E-state index is 6.19. The summed E-state index contributed by atoms with van der Waals surface area (Å²) < 4.78 is 6.16. The van der Waals surface area contributed by atoms with Crippen molar-refractivity contribution in [3.05, 3.63) is 28.2 Å². The van der Waals surface area contributed by atoms with Gasteiger partial charge in [0.2, 0.25) is 0 Å². The molecule has 1 aromatic rings. The van der Waals surface area contributed by atoms with Crippen LogP contribution >= 0.6 is 23.2 Å². The molecule has 1 aliphatic rings. The molecule has 0 radical (unpaired) electrons. The van der Waals surface area contributed by atoms with Crippen LogP contribution < -0.4 is 10.1 Å². The van der Waals surface area contributed by atoms with E-state index >= 15 is 0 Å². The zero-order valence-electron chi connectivity index (χ0n) is 11.5. The topological polar surface area (TPSA) is 21.3 Å². The van der Waals surface area contributed by atoms with Gasteiger partial charge in [-0.25, -0.2) is 0 Å². The van der Waals surface area contributed by atoms with Crippen molar-refractivity contribution in [3.8, 4) is 5.75 Å². The molecule has 2 atom stereocenters. The van der Waals surface area contributed by atoms with Gasteiger partial charge in [0.1, 0.15) is 11.9 Å². The second-order valence-electron chi connectivity index (χ2n) is 5.61. The van der Waals surface area contributed by atoms with Crippen LogP contribution in [0.5, 0.6) is 5.75 Å². The van der Waals surface area contributed by atoms with Gasteiger partial charge in [0, 0.05) is 17.5 Å². The molecule has 1 aromatic carbocycles. The van der Waals surface area contributed by atoms with E-state index in [1.165, 1.54) is 6.42 Å². The first-order valence-corrected chi connectivity index (χ1v) is 7.64. The van der Waals surface area contributed by atoms with E-state index < -0.39 is 0 Å². The summed E-state index contributed by atoms with van der Waals surface area (Å²) in [5, 5.41) is 4.63. The molecule has 1 saturated heterocycles. The minimum atomic E-state index is 0.216. The predicted octanol–water partition coefficient (Wildman–Crippen LogP) is 4.40. The molecule has 1 heterocycles. The molecule has 2 rings (SSSR count). The van der Waals surface area contributed by atoms with Crippen molar-refractivity contribution in [2.24, 2.45) is 11.8 Å². The highest BCUT2D eigenvalue weighted by Gasteiger charge is 2.27. The Bertz CT molecular complexity index is 417. The third-order valence-electron chi connectivity index (χ3n) is 3.50. The fourth-order valence-electron chi connectivity index (χ4n) is 2.53. The lowest BCUT2D eigenvalue weighted by Crippen LogP contribution is -2.30. The van der Waals surface area contributed by atoms with E-state index in [-0.39, 0.29) is 6.10 Å². The molecule has 0 aromatic heterocycles. The SMILES string of the molecule is CC(C)C[C@H](Oc1ccc(Cl)cc1Cl)[C@H]1CCNC1. The van der Waals surface area contributed by atoms with Gasteiger partial charge in [-0.15, -0.1) is 0 Å². The van der Waals surface area contributed by atoms with Crippen LogP contribution in [0.2, 0.25) is 10.0 Å². The standard InChI is InChI=1S/C15H21Cl2NO/c1-10(2)7-15(11-5-6-18-9-11)19-14-4-3-12(16)8-13(14)17/h3-4,8,10-11,15,18H,5-7,9H2,1-2H3/t11-,15-/m0/s1. The number of rotatable bonds is 5. The highest BCUT2D eigenvalue weighted by atomic mass is 35.5. The lowest BCUT2D eigenvalue weighted by atomic mass is 9.93. The molecule has 4 heteroatoms. The second kappa shape index (κ2) is 6.83. The fourth-order valence-corrected chi connectivity index (χ4v) is 2.98. The normalized spacial score (nSPS) is 20.8. The quantitative estimate of drug-likeness (QED) is 0.870. The third kappa shape index (κ3) is 4.27. The number of nitrogens with one attached hydrogen (secondary N) is 1. The van der Waals surface area contributed by atoms with Gasteiger partial charge >= 0.3 is 0 Å². The average Bonchev–Trinajstić information content (AvgIpc) is 2.84. The number of hydrogen-bond acceptors (Lipinski definition) is 2. The Labute approximate surface area is 125 Å². The van der Waals surface area contributed by atoms with Crippen molar-refractivity contribution >= 4 is 23.2 Å². The molecular formula is C15H21Cl2NO. The van der Waals surface area contributed by atoms with Crippen LogP contribution in [0, 0.1) is 11.8 Å². The van der Waals surface area contributed by atoms with Gasteiger partial charge in [0.25, 0.3) is 0 Å². The maximum Gasteiger partial charge on any atom is 0.138 e. The van der Waals surface area contributed by atoms with E-state index in [1.54, 1.807) is 6.07 Å². The first-order chi connectivity index (χ1) is 9.06. The molecule has 0 spiro atoms. The summed E-state index contributed by atoms with van der Waals surface area (Å²) in [6.07, 6.45) is 2.43. The first kappa shape index (κ1) is 15.0. The van der Waals surface area contributed by atoms with E-state index in [4.69, 9.17) is 27.9 Å². The van der Waals surface area contributed by atoms with E-state index in [1.807, 2.05) is 12.1 Å². The molecule has 0 aliphatic carbocycles. The van der Waals surface area contributed by atoms with E-state index in [9.17, 15) is 0 Å². The van der Waals surface area contributed by atoms with Gasteiger partial charge in [0.05, 0.1) is 5.02 Å². The molecule has 0 bridgehead atoms. The number of benzene rings is 1. The Hall–Kier alpha value is -0.440. The molecule has 0 amide bonds. The van der Waals surface area contributed by atoms with Crippen molar-refractivity contribution < 1.29 is 4.74 Å². The number of ether oxygens (including phenoxy) is 1. The van der Waals surface area contributed by atoms with Crippen LogP contribution in [0.3, 0.4) is 0 Å². The minimum Gasteiger partial charge on any atom is -0.489 e. The molecule has 2 nitrogen and oxygen atoms in total. The predicted molar refractivity (Wildman–Crippen MR) is 81.3 cm³/mol. The Morgan fingerprint density at radius 1 is 1.37 bits per heavy atom. The fraction of sp³-hybridized carbons (Fsp3) is 0.600. The first-order valence-electron chi connectivity index (χ1n) is 6.88. The third-order valence-corrected chi connectivity index (χ3v) is 4.03. The summed E-state index contributed by atoms with van der Waals surface area (Å²) in [7, 11) is 0. The summed E-state index contributed by atoms with van der Waals surface area (Å²) in [4.78, 5) is 0. The highest BCUT2D eigenvalue weighted by molar-refractivity contribution is 6.35. The van der Waals surface area contributed by atoms with Gasteiger partial charge in [-0.3, -0.25) is 0 Å². The Kier molecular flexibility index (Phi) is 5.37. The maximum atomic E-state index is 6.19. The van der Waals surface area contributed by atoms with Crippen molar-refractivity contribution in [3.63, 3.8) is 0 Å². The lowest BCUT2D eigenvalue weighted by molar-refractivity contribution is 0.119. The molecule has 1 N–H and O–H groups in total. The summed E-state index contributed by atoms with van der Waals surface area (Å²) in [6, 6.07) is 5.42. The van der Waals surface area contributed by atoms with Gasteiger partial charge in [-0.05, 0) is 43.5 Å². The Morgan fingerprint density at radius 2 is 2.16 bits per heavy atom. The van der Waals surface area contributed by atoms with Crippen LogP contribution in [0.25, 0.3) is 0 Å². The van der Waals surface area contributed by atoms with Crippen LogP contribution in [0.4, 0.5) is 0 Å². The molecular weight excluding hydrogens is 281 g/mol. The smallest absolute Gasteiger partial charge is 0.138 e. The molecule has 0 unspecified atom stereocenters. The van der Waals surface area contributed by atoms with Crippen molar-refractivity contribution in [1.29, 1.82) is 0 Å². The Balaban J connectivity index is 2.09. The van der Waals surface area contributed by atoms with E-state index in [0.717, 1.165) is 25.3 Å². The Morgan fingerprint density at radius 3 is 2.74 bits per heavy atom. The molecule has 0 saturated carbocycles. The summed E-state index contributed by atoms with van der Waals surface area (Å²) in [5.74, 6) is 1.91. The minimum absolute atomic E-state index is 0.216. The number of halogens is 2. The molecule has 1 fully saturated rings. The molecule has 106 valence electrons. The average molecular weight is 302 g/mol. The van der Waals surface area contributed by atoms with Crippen LogP contribution in [-0.2, 0) is 0 Å². The summed E-state index contributed by atoms with van der Waals surface area (Å²) in [6.45, 7) is 6.56. The van der Waals surface area contributed by atoms with Crippen LogP contribution in [0.1, 0.15) is 26.7 Å². The van der Waals surface area contributed by atoms with E-state index in [2.05, 4.69) is 19.2 Å². The van der Waals surface area contributed by atoms with E-state index in [0.29, 0.717) is 21.9 Å². The molecule has 1 aliphatic heterocycles. The highest BCUT2D eigenvalue weighted by Crippen LogP contribution is 2.31. The van der Waals surface area contributed by atoms with Crippen molar-refractivity contribution in [1.82, 2.24) is 5.32 Å². The second-order valence-corrected chi connectivity index (χ2v) is 6.46. The largest absolute Gasteiger partial charge is 0.489 e. The van der Waals surface area contributed by atoms with Gasteiger partial charge in [0.15, 0.2) is 0 Å². The van der Waals surface area contributed by atoms with Crippen molar-refractivity contribution in [2.45, 2.75) is 32.8 Å².